The topological polar surface area (TPSA) is 33.7 Å². The second-order valence-electron chi connectivity index (χ2n) is 4.25. The molecular formula is C14H23FN2O2. The molecule has 0 atom stereocenters. The highest BCUT2D eigenvalue weighted by atomic mass is 19.1. The predicted molar refractivity (Wildman–Crippen MR) is 75.1 cm³/mol. The summed E-state index contributed by atoms with van der Waals surface area (Å²) in [7, 11) is 5.14. The molecule has 0 saturated heterocycles. The van der Waals surface area contributed by atoms with E-state index in [2.05, 4.69) is 5.32 Å². The molecule has 1 N–H and O–H groups in total. The van der Waals surface area contributed by atoms with Gasteiger partial charge in [-0.3, -0.25) is 0 Å². The van der Waals surface area contributed by atoms with Gasteiger partial charge in [0.2, 0.25) is 0 Å². The quantitative estimate of drug-likeness (QED) is 0.740. The van der Waals surface area contributed by atoms with Crippen molar-refractivity contribution in [3.8, 4) is 0 Å². The highest BCUT2D eigenvalue weighted by Crippen LogP contribution is 2.24. The summed E-state index contributed by atoms with van der Waals surface area (Å²) in [5, 5.41) is 3.06. The van der Waals surface area contributed by atoms with Crippen molar-refractivity contribution >= 4 is 5.69 Å². The Labute approximate surface area is 114 Å². The zero-order chi connectivity index (χ0) is 14.1. The number of nitrogens with one attached hydrogen (secondary N) is 1. The van der Waals surface area contributed by atoms with Crippen molar-refractivity contribution in [3.05, 3.63) is 29.6 Å². The molecule has 1 aromatic rings. The Balaban J connectivity index is 2.97. The minimum Gasteiger partial charge on any atom is -0.383 e. The van der Waals surface area contributed by atoms with E-state index in [1.165, 1.54) is 6.07 Å². The largest absolute Gasteiger partial charge is 0.383 e. The lowest BCUT2D eigenvalue weighted by Crippen LogP contribution is -2.32. The van der Waals surface area contributed by atoms with E-state index >= 15 is 0 Å². The summed E-state index contributed by atoms with van der Waals surface area (Å²) in [6.45, 7) is 3.01. The molecule has 0 spiro atoms. The summed E-state index contributed by atoms with van der Waals surface area (Å²) in [5.74, 6) is -0.208. The van der Waals surface area contributed by atoms with Crippen molar-refractivity contribution < 1.29 is 13.9 Å². The van der Waals surface area contributed by atoms with E-state index in [1.807, 2.05) is 18.0 Å². The highest BCUT2D eigenvalue weighted by Gasteiger charge is 2.15. The van der Waals surface area contributed by atoms with Crippen LogP contribution in [0.3, 0.4) is 0 Å². The van der Waals surface area contributed by atoms with Crippen molar-refractivity contribution in [1.29, 1.82) is 0 Å². The van der Waals surface area contributed by atoms with Crippen LogP contribution < -0.4 is 10.2 Å². The van der Waals surface area contributed by atoms with Crippen LogP contribution in [-0.2, 0) is 16.0 Å². The third-order valence-corrected chi connectivity index (χ3v) is 2.88. The molecule has 0 saturated carbocycles. The molecule has 19 heavy (non-hydrogen) atoms. The Kier molecular flexibility index (Phi) is 7.40. The first-order valence-electron chi connectivity index (χ1n) is 6.39. The van der Waals surface area contributed by atoms with Crippen molar-refractivity contribution in [3.63, 3.8) is 0 Å². The van der Waals surface area contributed by atoms with Crippen LogP contribution in [-0.4, -0.2) is 47.6 Å². The molecule has 0 fully saturated rings. The third-order valence-electron chi connectivity index (χ3n) is 2.88. The van der Waals surface area contributed by atoms with Crippen molar-refractivity contribution in [2.75, 3.05) is 52.5 Å². The molecule has 0 aliphatic heterocycles. The van der Waals surface area contributed by atoms with E-state index in [0.29, 0.717) is 38.5 Å². The van der Waals surface area contributed by atoms with Crippen LogP contribution in [0.15, 0.2) is 18.2 Å². The van der Waals surface area contributed by atoms with Gasteiger partial charge in [0, 0.05) is 33.9 Å². The number of hydrogen-bond acceptors (Lipinski definition) is 4. The van der Waals surface area contributed by atoms with Gasteiger partial charge >= 0.3 is 0 Å². The molecule has 4 nitrogen and oxygen atoms in total. The fourth-order valence-corrected chi connectivity index (χ4v) is 1.99. The van der Waals surface area contributed by atoms with Crippen LogP contribution in [0.2, 0.25) is 0 Å². The van der Waals surface area contributed by atoms with Gasteiger partial charge in [-0.25, -0.2) is 4.39 Å². The fraction of sp³-hybridized carbons (Fsp3) is 0.571. The van der Waals surface area contributed by atoms with Gasteiger partial charge in [-0.1, -0.05) is 12.1 Å². The molecular weight excluding hydrogens is 247 g/mol. The molecule has 0 aliphatic carbocycles. The molecule has 0 bridgehead atoms. The monoisotopic (exact) mass is 270 g/mol. The molecule has 0 aromatic heterocycles. The summed E-state index contributed by atoms with van der Waals surface area (Å²) in [5.41, 5.74) is 1.57. The molecule has 0 heterocycles. The van der Waals surface area contributed by atoms with Crippen LogP contribution in [0.4, 0.5) is 10.1 Å². The van der Waals surface area contributed by atoms with Crippen molar-refractivity contribution in [1.82, 2.24) is 5.32 Å². The maximum absolute atomic E-state index is 14.1. The zero-order valence-electron chi connectivity index (χ0n) is 11.9. The van der Waals surface area contributed by atoms with Crippen LogP contribution in [0.25, 0.3) is 0 Å². The number of benzene rings is 1. The highest BCUT2D eigenvalue weighted by molar-refractivity contribution is 5.55. The summed E-state index contributed by atoms with van der Waals surface area (Å²) in [4.78, 5) is 1.97. The molecule has 0 aliphatic rings. The molecule has 0 unspecified atom stereocenters. The van der Waals surface area contributed by atoms with Gasteiger partial charge < -0.3 is 19.7 Å². The first-order valence-corrected chi connectivity index (χ1v) is 6.39. The average Bonchev–Trinajstić information content (AvgIpc) is 2.41. The number of rotatable bonds is 9. The summed E-state index contributed by atoms with van der Waals surface area (Å²) in [6.07, 6.45) is 0. The van der Waals surface area contributed by atoms with E-state index in [1.54, 1.807) is 20.3 Å². The Hall–Kier alpha value is -1.17. The minimum atomic E-state index is -0.208. The van der Waals surface area contributed by atoms with E-state index in [9.17, 15) is 4.39 Å². The maximum atomic E-state index is 14.1. The van der Waals surface area contributed by atoms with Gasteiger partial charge in [0.15, 0.2) is 0 Å². The number of methoxy groups -OCH3 is 2. The van der Waals surface area contributed by atoms with E-state index in [-0.39, 0.29) is 5.82 Å². The minimum absolute atomic E-state index is 0.208. The Morgan fingerprint density at radius 2 is 1.79 bits per heavy atom. The van der Waals surface area contributed by atoms with Gasteiger partial charge in [0.1, 0.15) is 5.82 Å². The SMILES string of the molecule is CNCc1cccc(F)c1N(CCOC)CCOC. The smallest absolute Gasteiger partial charge is 0.146 e. The number of ether oxygens (including phenoxy) is 2. The van der Waals surface area contributed by atoms with Crippen LogP contribution in [0.5, 0.6) is 0 Å². The second kappa shape index (κ2) is 8.85. The van der Waals surface area contributed by atoms with Gasteiger partial charge in [-0.2, -0.15) is 0 Å². The van der Waals surface area contributed by atoms with Crippen LogP contribution >= 0.6 is 0 Å². The lowest BCUT2D eigenvalue weighted by Gasteiger charge is -2.27. The number of halogens is 1. The zero-order valence-corrected chi connectivity index (χ0v) is 11.9. The Morgan fingerprint density at radius 3 is 2.32 bits per heavy atom. The maximum Gasteiger partial charge on any atom is 0.146 e. The molecule has 0 radical (unpaired) electrons. The Morgan fingerprint density at radius 1 is 1.16 bits per heavy atom. The molecule has 1 aromatic carbocycles. The summed E-state index contributed by atoms with van der Waals surface area (Å²) < 4.78 is 24.3. The first kappa shape index (κ1) is 15.9. The molecule has 108 valence electrons. The third kappa shape index (κ3) is 4.78. The summed E-state index contributed by atoms with van der Waals surface area (Å²) >= 11 is 0. The molecule has 0 amide bonds. The van der Waals surface area contributed by atoms with Gasteiger partial charge in [-0.05, 0) is 18.7 Å². The van der Waals surface area contributed by atoms with Crippen molar-refractivity contribution in [2.45, 2.75) is 6.54 Å². The summed E-state index contributed by atoms with van der Waals surface area (Å²) in [6, 6.07) is 5.15. The first-order chi connectivity index (χ1) is 9.24. The number of anilines is 1. The van der Waals surface area contributed by atoms with Crippen LogP contribution in [0, 0.1) is 5.82 Å². The van der Waals surface area contributed by atoms with Gasteiger partial charge in [-0.15, -0.1) is 0 Å². The van der Waals surface area contributed by atoms with Gasteiger partial charge in [0.25, 0.3) is 0 Å². The number of nitrogens with zero attached hydrogens (tertiary/aromatic N) is 1. The van der Waals surface area contributed by atoms with Crippen molar-refractivity contribution in [2.24, 2.45) is 0 Å². The number of hydrogen-bond donors (Lipinski definition) is 1. The van der Waals surface area contributed by atoms with Gasteiger partial charge in [0.05, 0.1) is 18.9 Å². The lowest BCUT2D eigenvalue weighted by molar-refractivity contribution is 0.190. The molecule has 5 heteroatoms. The number of para-hydroxylation sites is 1. The molecule has 1 rings (SSSR count). The fourth-order valence-electron chi connectivity index (χ4n) is 1.99. The Bertz CT molecular complexity index is 366. The normalized spacial score (nSPS) is 10.7. The average molecular weight is 270 g/mol. The van der Waals surface area contributed by atoms with E-state index in [0.717, 1.165) is 5.56 Å². The standard InChI is InChI=1S/C14H23FN2O2/c1-16-11-12-5-4-6-13(15)14(12)17(7-9-18-2)8-10-19-3/h4-6,16H,7-11H2,1-3H3. The van der Waals surface area contributed by atoms with E-state index < -0.39 is 0 Å². The predicted octanol–water partition coefficient (Wildman–Crippen LogP) is 1.64. The van der Waals surface area contributed by atoms with Crippen LogP contribution in [0.1, 0.15) is 5.56 Å². The van der Waals surface area contributed by atoms with E-state index in [4.69, 9.17) is 9.47 Å². The lowest BCUT2D eigenvalue weighted by atomic mass is 10.1. The second-order valence-corrected chi connectivity index (χ2v) is 4.25.